The third-order valence-electron chi connectivity index (χ3n) is 3.12. The van der Waals surface area contributed by atoms with Crippen molar-refractivity contribution >= 4 is 11.8 Å². The highest BCUT2D eigenvalue weighted by molar-refractivity contribution is 7.99. The molecule has 3 rings (SSSR count). The summed E-state index contributed by atoms with van der Waals surface area (Å²) in [6.45, 7) is 2.04. The van der Waals surface area contributed by atoms with Crippen LogP contribution < -0.4 is 0 Å². The minimum atomic E-state index is -0.374. The fourth-order valence-corrected chi connectivity index (χ4v) is 3.21. The van der Waals surface area contributed by atoms with E-state index < -0.39 is 0 Å². The van der Waals surface area contributed by atoms with Gasteiger partial charge in [-0.05, 0) is 6.92 Å². The van der Waals surface area contributed by atoms with Crippen LogP contribution in [0.1, 0.15) is 17.4 Å². The van der Waals surface area contributed by atoms with Crippen LogP contribution in [-0.4, -0.2) is 32.9 Å². The van der Waals surface area contributed by atoms with Gasteiger partial charge in [0, 0.05) is 17.1 Å². The molecule has 1 aromatic carbocycles. The first-order valence-corrected chi connectivity index (χ1v) is 7.06. The van der Waals surface area contributed by atoms with Gasteiger partial charge in [-0.1, -0.05) is 35.0 Å². The molecule has 2 atom stereocenters. The number of aryl methyl sites for hydroxylation is 1. The second-order valence-electron chi connectivity index (χ2n) is 4.53. The second kappa shape index (κ2) is 4.74. The van der Waals surface area contributed by atoms with Crippen molar-refractivity contribution < 1.29 is 9.63 Å². The molecule has 2 unspecified atom stereocenters. The number of aromatic nitrogens is 2. The highest BCUT2D eigenvalue weighted by Gasteiger charge is 2.32. The van der Waals surface area contributed by atoms with Gasteiger partial charge in [0.1, 0.15) is 0 Å². The molecule has 18 heavy (non-hydrogen) atoms. The van der Waals surface area contributed by atoms with Crippen LogP contribution in [0.5, 0.6) is 0 Å². The summed E-state index contributed by atoms with van der Waals surface area (Å²) in [4.78, 5) is 4.39. The molecular weight excluding hydrogens is 248 g/mol. The standard InChI is InChI=1S/C13H14N2O2S/c1-8-2-4-9(5-3-8)12-14-13(17-15-12)10-6-18-7-11(10)16/h2-5,10-11,16H,6-7H2,1H3. The molecule has 94 valence electrons. The number of aliphatic hydroxyl groups excluding tert-OH is 1. The maximum Gasteiger partial charge on any atom is 0.233 e. The summed E-state index contributed by atoms with van der Waals surface area (Å²) < 4.78 is 5.27. The molecule has 2 aromatic rings. The smallest absolute Gasteiger partial charge is 0.233 e. The molecule has 0 spiro atoms. The third kappa shape index (κ3) is 2.15. The summed E-state index contributed by atoms with van der Waals surface area (Å²) in [7, 11) is 0. The van der Waals surface area contributed by atoms with Crippen molar-refractivity contribution in [1.29, 1.82) is 0 Å². The Balaban J connectivity index is 1.87. The number of hydrogen-bond acceptors (Lipinski definition) is 5. The van der Waals surface area contributed by atoms with Gasteiger partial charge in [-0.2, -0.15) is 16.7 Å². The number of aliphatic hydroxyl groups is 1. The van der Waals surface area contributed by atoms with E-state index in [0.29, 0.717) is 11.7 Å². The Labute approximate surface area is 109 Å². The Morgan fingerprint density at radius 1 is 1.28 bits per heavy atom. The summed E-state index contributed by atoms with van der Waals surface area (Å²) in [5.41, 5.74) is 2.14. The van der Waals surface area contributed by atoms with E-state index in [1.807, 2.05) is 31.2 Å². The molecule has 1 aliphatic heterocycles. The van der Waals surface area contributed by atoms with Gasteiger partial charge in [0.15, 0.2) is 0 Å². The van der Waals surface area contributed by atoms with Crippen LogP contribution in [0.3, 0.4) is 0 Å². The number of benzene rings is 1. The molecule has 1 saturated heterocycles. The second-order valence-corrected chi connectivity index (χ2v) is 5.61. The zero-order chi connectivity index (χ0) is 12.5. The van der Waals surface area contributed by atoms with Gasteiger partial charge < -0.3 is 9.63 Å². The van der Waals surface area contributed by atoms with Crippen LogP contribution in [0.4, 0.5) is 0 Å². The molecule has 4 nitrogen and oxygen atoms in total. The molecule has 0 amide bonds. The highest BCUT2D eigenvalue weighted by Crippen LogP contribution is 2.32. The van der Waals surface area contributed by atoms with Crippen molar-refractivity contribution in [3.63, 3.8) is 0 Å². The molecule has 2 heterocycles. The molecule has 1 aromatic heterocycles. The number of hydrogen-bond donors (Lipinski definition) is 1. The quantitative estimate of drug-likeness (QED) is 0.899. The van der Waals surface area contributed by atoms with E-state index in [1.165, 1.54) is 5.56 Å². The monoisotopic (exact) mass is 262 g/mol. The summed E-state index contributed by atoms with van der Waals surface area (Å²) in [5, 5.41) is 13.8. The van der Waals surface area contributed by atoms with E-state index in [9.17, 15) is 5.11 Å². The first-order chi connectivity index (χ1) is 8.74. The fourth-order valence-electron chi connectivity index (χ4n) is 1.98. The summed E-state index contributed by atoms with van der Waals surface area (Å²) in [6.07, 6.45) is -0.374. The van der Waals surface area contributed by atoms with Crippen LogP contribution >= 0.6 is 11.8 Å². The molecule has 1 fully saturated rings. The first-order valence-electron chi connectivity index (χ1n) is 5.90. The SMILES string of the molecule is Cc1ccc(-c2noc(C3CSCC3O)n2)cc1. The van der Waals surface area contributed by atoms with Crippen LogP contribution in [0.25, 0.3) is 11.4 Å². The Bertz CT molecular complexity index is 538. The zero-order valence-corrected chi connectivity index (χ0v) is 10.9. The lowest BCUT2D eigenvalue weighted by Crippen LogP contribution is -2.15. The minimum absolute atomic E-state index is 0.0262. The van der Waals surface area contributed by atoms with Gasteiger partial charge in [0.2, 0.25) is 11.7 Å². The van der Waals surface area contributed by atoms with Crippen LogP contribution in [0, 0.1) is 6.92 Å². The van der Waals surface area contributed by atoms with E-state index in [1.54, 1.807) is 11.8 Å². The topological polar surface area (TPSA) is 59.2 Å². The van der Waals surface area contributed by atoms with Crippen molar-refractivity contribution in [1.82, 2.24) is 10.1 Å². The number of nitrogens with zero attached hydrogens (tertiary/aromatic N) is 2. The lowest BCUT2D eigenvalue weighted by molar-refractivity contribution is 0.164. The maximum atomic E-state index is 9.81. The molecule has 0 saturated carbocycles. The van der Waals surface area contributed by atoms with Gasteiger partial charge in [0.05, 0.1) is 12.0 Å². The van der Waals surface area contributed by atoms with Gasteiger partial charge in [0.25, 0.3) is 0 Å². The average molecular weight is 262 g/mol. The average Bonchev–Trinajstić information content (AvgIpc) is 2.98. The zero-order valence-electron chi connectivity index (χ0n) is 10.0. The van der Waals surface area contributed by atoms with Crippen LogP contribution in [0.15, 0.2) is 28.8 Å². The van der Waals surface area contributed by atoms with Crippen molar-refractivity contribution in [3.8, 4) is 11.4 Å². The summed E-state index contributed by atoms with van der Waals surface area (Å²) in [6, 6.07) is 7.99. The van der Waals surface area contributed by atoms with E-state index in [4.69, 9.17) is 4.52 Å². The van der Waals surface area contributed by atoms with E-state index in [-0.39, 0.29) is 12.0 Å². The normalized spacial score (nSPS) is 23.4. The molecular formula is C13H14N2O2S. The molecule has 0 bridgehead atoms. The van der Waals surface area contributed by atoms with Gasteiger partial charge in [-0.25, -0.2) is 0 Å². The minimum Gasteiger partial charge on any atom is -0.391 e. The maximum absolute atomic E-state index is 9.81. The molecule has 0 radical (unpaired) electrons. The first kappa shape index (κ1) is 11.7. The predicted octanol–water partition coefficient (Wildman–Crippen LogP) is 2.24. The van der Waals surface area contributed by atoms with Crippen molar-refractivity contribution in [2.24, 2.45) is 0 Å². The van der Waals surface area contributed by atoms with E-state index in [2.05, 4.69) is 10.1 Å². The Kier molecular flexibility index (Phi) is 3.09. The number of thioether (sulfide) groups is 1. The van der Waals surface area contributed by atoms with Crippen LogP contribution in [0.2, 0.25) is 0 Å². The van der Waals surface area contributed by atoms with Crippen molar-refractivity contribution in [3.05, 3.63) is 35.7 Å². The van der Waals surface area contributed by atoms with Crippen molar-refractivity contribution in [2.75, 3.05) is 11.5 Å². The lowest BCUT2D eigenvalue weighted by atomic mass is 10.1. The molecule has 1 aliphatic rings. The lowest BCUT2D eigenvalue weighted by Gasteiger charge is -2.06. The molecule has 0 aliphatic carbocycles. The highest BCUT2D eigenvalue weighted by atomic mass is 32.2. The predicted molar refractivity (Wildman–Crippen MR) is 70.5 cm³/mol. The Morgan fingerprint density at radius 2 is 2.06 bits per heavy atom. The van der Waals surface area contributed by atoms with Gasteiger partial charge >= 0.3 is 0 Å². The van der Waals surface area contributed by atoms with E-state index >= 15 is 0 Å². The molecule has 5 heteroatoms. The Morgan fingerprint density at radius 3 is 2.72 bits per heavy atom. The largest absolute Gasteiger partial charge is 0.391 e. The Hall–Kier alpha value is -1.33. The van der Waals surface area contributed by atoms with Crippen molar-refractivity contribution in [2.45, 2.75) is 18.9 Å². The number of rotatable bonds is 2. The summed E-state index contributed by atoms with van der Waals surface area (Å²) >= 11 is 1.71. The van der Waals surface area contributed by atoms with Crippen LogP contribution in [-0.2, 0) is 0 Å². The fraction of sp³-hybridized carbons (Fsp3) is 0.385. The van der Waals surface area contributed by atoms with E-state index in [0.717, 1.165) is 17.1 Å². The summed E-state index contributed by atoms with van der Waals surface area (Å²) in [5.74, 6) is 2.70. The third-order valence-corrected chi connectivity index (χ3v) is 4.29. The van der Waals surface area contributed by atoms with Gasteiger partial charge in [-0.3, -0.25) is 0 Å². The molecule has 1 N–H and O–H groups in total. The van der Waals surface area contributed by atoms with Gasteiger partial charge in [-0.15, -0.1) is 0 Å².